The number of anilines is 1. The summed E-state index contributed by atoms with van der Waals surface area (Å²) in [5, 5.41) is 4.76. The van der Waals surface area contributed by atoms with Gasteiger partial charge in [0.05, 0.1) is 11.6 Å². The molecule has 2 atom stereocenters. The first-order valence-electron chi connectivity index (χ1n) is 11.5. The molecule has 0 unspecified atom stereocenters. The Hall–Kier alpha value is -3.28. The highest BCUT2D eigenvalue weighted by Crippen LogP contribution is 2.47. The van der Waals surface area contributed by atoms with Crippen molar-refractivity contribution < 1.29 is 14.0 Å². The van der Waals surface area contributed by atoms with Gasteiger partial charge in [0.25, 0.3) is 0 Å². The Morgan fingerprint density at radius 1 is 1.12 bits per heavy atom. The van der Waals surface area contributed by atoms with Crippen LogP contribution in [0.3, 0.4) is 0 Å². The number of benzene rings is 2. The summed E-state index contributed by atoms with van der Waals surface area (Å²) >= 11 is 0. The summed E-state index contributed by atoms with van der Waals surface area (Å²) in [5.41, 5.74) is 4.18. The van der Waals surface area contributed by atoms with Gasteiger partial charge in [-0.15, -0.1) is 0 Å². The normalized spacial score (nSPS) is 18.0. The lowest BCUT2D eigenvalue weighted by molar-refractivity contribution is -0.123. The molecule has 172 valence electrons. The molecule has 1 aliphatic rings. The number of amides is 1. The molecule has 1 aromatic heterocycles. The van der Waals surface area contributed by atoms with Crippen molar-refractivity contribution in [2.45, 2.75) is 53.0 Å². The van der Waals surface area contributed by atoms with Crippen LogP contribution in [0.4, 0.5) is 10.2 Å². The third-order valence-corrected chi connectivity index (χ3v) is 6.44. The zero-order valence-corrected chi connectivity index (χ0v) is 19.8. The second-order valence-electron chi connectivity index (χ2n) is 9.08. The van der Waals surface area contributed by atoms with Gasteiger partial charge < -0.3 is 0 Å². The van der Waals surface area contributed by atoms with Gasteiger partial charge >= 0.3 is 0 Å². The van der Waals surface area contributed by atoms with E-state index in [0.29, 0.717) is 12.1 Å². The van der Waals surface area contributed by atoms with Gasteiger partial charge in [0, 0.05) is 36.1 Å². The fourth-order valence-electron chi connectivity index (χ4n) is 4.91. The van der Waals surface area contributed by atoms with E-state index in [-0.39, 0.29) is 35.9 Å². The van der Waals surface area contributed by atoms with Crippen molar-refractivity contribution in [1.82, 2.24) is 9.78 Å². The van der Waals surface area contributed by atoms with E-state index in [4.69, 9.17) is 5.10 Å². The number of nitrogens with zero attached hydrogens (tertiary/aromatic N) is 3. The number of hydrogen-bond donors (Lipinski definition) is 0. The zero-order valence-electron chi connectivity index (χ0n) is 19.8. The van der Waals surface area contributed by atoms with E-state index in [2.05, 4.69) is 0 Å². The van der Waals surface area contributed by atoms with E-state index < -0.39 is 5.92 Å². The van der Waals surface area contributed by atoms with Crippen molar-refractivity contribution in [3.63, 3.8) is 0 Å². The first-order chi connectivity index (χ1) is 15.7. The molecule has 0 saturated carbocycles. The quantitative estimate of drug-likeness (QED) is 0.462. The number of carbonyl (C=O) groups excluding carboxylic acids is 2. The molecule has 1 amide bonds. The molecule has 0 saturated heterocycles. The fourth-order valence-corrected chi connectivity index (χ4v) is 4.91. The van der Waals surface area contributed by atoms with Crippen LogP contribution < -0.4 is 4.90 Å². The van der Waals surface area contributed by atoms with Crippen LogP contribution in [0.15, 0.2) is 48.5 Å². The van der Waals surface area contributed by atoms with Crippen LogP contribution in [0, 0.1) is 25.6 Å². The van der Waals surface area contributed by atoms with Gasteiger partial charge in [-0.05, 0) is 58.4 Å². The van der Waals surface area contributed by atoms with E-state index in [1.807, 2.05) is 57.5 Å². The smallest absolute Gasteiger partial charge is 0.232 e. The number of Topliss-reactive ketones (excluding diaryl/α,β-unsaturated/α-hetero) is 1. The Morgan fingerprint density at radius 2 is 1.82 bits per heavy atom. The van der Waals surface area contributed by atoms with Crippen LogP contribution in [-0.4, -0.2) is 28.0 Å². The molecular formula is C27H30FN3O2. The molecule has 2 aromatic carbocycles. The molecule has 0 N–H and O–H groups in total. The average molecular weight is 448 g/mol. The summed E-state index contributed by atoms with van der Waals surface area (Å²) in [6, 6.07) is 13.8. The number of aromatic nitrogens is 2. The van der Waals surface area contributed by atoms with Gasteiger partial charge in [-0.3, -0.25) is 14.5 Å². The van der Waals surface area contributed by atoms with Crippen molar-refractivity contribution >= 4 is 17.5 Å². The van der Waals surface area contributed by atoms with Crippen LogP contribution in [0.5, 0.6) is 0 Å². The second-order valence-corrected chi connectivity index (χ2v) is 9.08. The molecule has 0 aliphatic carbocycles. The monoisotopic (exact) mass is 447 g/mol. The number of aryl methyl sites for hydroxylation is 2. The summed E-state index contributed by atoms with van der Waals surface area (Å²) in [5.74, 6) is -0.696. The Bertz CT molecular complexity index is 1200. The Balaban J connectivity index is 1.88. The predicted molar refractivity (Wildman–Crippen MR) is 127 cm³/mol. The van der Waals surface area contributed by atoms with E-state index in [1.165, 1.54) is 12.1 Å². The van der Waals surface area contributed by atoms with E-state index in [0.717, 1.165) is 28.2 Å². The summed E-state index contributed by atoms with van der Waals surface area (Å²) in [4.78, 5) is 28.9. The lowest BCUT2D eigenvalue weighted by Gasteiger charge is -2.38. The molecule has 0 fully saturated rings. The molecule has 4 rings (SSSR count). The van der Waals surface area contributed by atoms with Crippen molar-refractivity contribution in [2.24, 2.45) is 5.92 Å². The molecule has 0 radical (unpaired) electrons. The topological polar surface area (TPSA) is 55.2 Å². The van der Waals surface area contributed by atoms with Gasteiger partial charge in [0.2, 0.25) is 5.91 Å². The third kappa shape index (κ3) is 4.10. The van der Waals surface area contributed by atoms with Gasteiger partial charge in [-0.2, -0.15) is 5.10 Å². The second kappa shape index (κ2) is 8.93. The van der Waals surface area contributed by atoms with Gasteiger partial charge in [-0.1, -0.05) is 35.9 Å². The molecule has 3 aromatic rings. The van der Waals surface area contributed by atoms with Crippen molar-refractivity contribution in [3.05, 3.63) is 82.3 Å². The van der Waals surface area contributed by atoms with Crippen molar-refractivity contribution in [1.29, 1.82) is 0 Å². The van der Waals surface area contributed by atoms with Crippen LogP contribution in [-0.2, 0) is 4.79 Å². The lowest BCUT2D eigenvalue weighted by atomic mass is 9.74. The van der Waals surface area contributed by atoms with Crippen LogP contribution >= 0.6 is 0 Å². The van der Waals surface area contributed by atoms with Crippen molar-refractivity contribution in [3.8, 4) is 0 Å². The highest BCUT2D eigenvalue weighted by Gasteiger charge is 2.45. The molecule has 6 heteroatoms. The number of rotatable bonds is 6. The predicted octanol–water partition coefficient (Wildman–Crippen LogP) is 5.61. The first-order valence-corrected chi connectivity index (χ1v) is 11.5. The highest BCUT2D eigenvalue weighted by molar-refractivity contribution is 6.04. The molecule has 5 nitrogen and oxygen atoms in total. The minimum absolute atomic E-state index is 0.0636. The molecule has 0 bridgehead atoms. The highest BCUT2D eigenvalue weighted by atomic mass is 19.1. The summed E-state index contributed by atoms with van der Waals surface area (Å²) in [6.45, 7) is 10.4. The first kappa shape index (κ1) is 22.9. The summed E-state index contributed by atoms with van der Waals surface area (Å²) < 4.78 is 15.6. The van der Waals surface area contributed by atoms with Gasteiger partial charge in [-0.25, -0.2) is 9.07 Å². The summed E-state index contributed by atoms with van der Waals surface area (Å²) in [7, 11) is 0. The minimum Gasteiger partial charge on any atom is -0.297 e. The van der Waals surface area contributed by atoms with E-state index in [9.17, 15) is 14.0 Å². The number of fused-ring (bicyclic) bond motifs is 1. The third-order valence-electron chi connectivity index (χ3n) is 6.44. The standard InChI is InChI=1S/C27H30FN3O2/c1-6-30-26-24(18(5)29-31(26)16(2)3)25(19-10-12-21(28)13-11-19)22(27(30)33)15-23(32)20-9-7-8-17(4)14-20/h7-14,16,22,25H,6,15H2,1-5H3/t22-,25+/m0/s1. The maximum absolute atomic E-state index is 13.8. The molecule has 1 aliphatic heterocycles. The van der Waals surface area contributed by atoms with Gasteiger partial charge in [0.1, 0.15) is 11.6 Å². The largest absolute Gasteiger partial charge is 0.297 e. The van der Waals surface area contributed by atoms with Gasteiger partial charge in [0.15, 0.2) is 5.78 Å². The van der Waals surface area contributed by atoms with Crippen LogP contribution in [0.1, 0.15) is 71.9 Å². The molecule has 33 heavy (non-hydrogen) atoms. The van der Waals surface area contributed by atoms with Crippen molar-refractivity contribution in [2.75, 3.05) is 11.4 Å². The Kier molecular flexibility index (Phi) is 6.19. The Labute approximate surface area is 194 Å². The maximum Gasteiger partial charge on any atom is 0.232 e. The average Bonchev–Trinajstić information content (AvgIpc) is 3.12. The Morgan fingerprint density at radius 3 is 2.42 bits per heavy atom. The minimum atomic E-state index is -0.598. The number of carbonyl (C=O) groups is 2. The maximum atomic E-state index is 13.8. The zero-order chi connectivity index (χ0) is 23.9. The SMILES string of the molecule is CCN1C(=O)[C@@H](CC(=O)c2cccc(C)c2)[C@@H](c2ccc(F)cc2)c2c(C)nn(C(C)C)c21. The van der Waals surface area contributed by atoms with Crippen LogP contribution in [0.25, 0.3) is 0 Å². The molecule has 0 spiro atoms. The number of hydrogen-bond acceptors (Lipinski definition) is 3. The fraction of sp³-hybridized carbons (Fsp3) is 0.370. The lowest BCUT2D eigenvalue weighted by Crippen LogP contribution is -2.45. The summed E-state index contributed by atoms with van der Waals surface area (Å²) in [6.07, 6.45) is 0.0760. The molecule has 2 heterocycles. The molecular weight excluding hydrogens is 417 g/mol. The van der Waals surface area contributed by atoms with E-state index in [1.54, 1.807) is 23.1 Å². The van der Waals surface area contributed by atoms with E-state index >= 15 is 0 Å². The van der Waals surface area contributed by atoms with Crippen LogP contribution in [0.2, 0.25) is 0 Å². The number of halogens is 1. The number of ketones is 1.